The molecule has 5 nitrogen and oxygen atoms in total. The zero-order valence-electron chi connectivity index (χ0n) is 26.1. The SMILES string of the molecule is CCC.CCC.CCC(C)=O.CCCCCCC.CN=Cc1c(C)nc(C)nc1-c1cccc(CN)c1. The third-order valence-electron chi connectivity index (χ3n) is 4.65. The van der Waals surface area contributed by atoms with Crippen molar-refractivity contribution in [1.82, 2.24) is 9.97 Å². The number of aryl methyl sites for hydroxylation is 2. The van der Waals surface area contributed by atoms with Crippen molar-refractivity contribution in [3.05, 3.63) is 46.9 Å². The van der Waals surface area contributed by atoms with E-state index in [1.54, 1.807) is 20.2 Å². The van der Waals surface area contributed by atoms with Crippen LogP contribution in [0.4, 0.5) is 0 Å². The Kier molecular flexibility index (Phi) is 29.8. The van der Waals surface area contributed by atoms with Gasteiger partial charge in [-0.2, -0.15) is 0 Å². The Balaban J connectivity index is -0.000000528. The molecule has 2 N–H and O–H groups in total. The zero-order chi connectivity index (χ0) is 29.1. The van der Waals surface area contributed by atoms with Crippen LogP contribution in [0.5, 0.6) is 0 Å². The fraction of sp³-hybridized carbons (Fsp3) is 0.625. The van der Waals surface area contributed by atoms with E-state index in [9.17, 15) is 4.79 Å². The molecule has 0 amide bonds. The van der Waals surface area contributed by atoms with Gasteiger partial charge in [0.1, 0.15) is 11.6 Å². The summed E-state index contributed by atoms with van der Waals surface area (Å²) in [6.45, 7) is 20.8. The second-order valence-electron chi connectivity index (χ2n) is 8.94. The lowest BCUT2D eigenvalue weighted by atomic mass is 10.0. The van der Waals surface area contributed by atoms with Crippen molar-refractivity contribution < 1.29 is 4.79 Å². The Bertz CT molecular complexity index is 826. The van der Waals surface area contributed by atoms with Crippen LogP contribution >= 0.6 is 0 Å². The van der Waals surface area contributed by atoms with E-state index < -0.39 is 0 Å². The molecule has 2 rings (SSSR count). The first-order valence-corrected chi connectivity index (χ1v) is 14.2. The van der Waals surface area contributed by atoms with Gasteiger partial charge in [0.2, 0.25) is 0 Å². The molecule has 2 aromatic rings. The van der Waals surface area contributed by atoms with Crippen LogP contribution in [-0.2, 0) is 11.3 Å². The van der Waals surface area contributed by atoms with Crippen molar-refractivity contribution in [2.75, 3.05) is 7.05 Å². The van der Waals surface area contributed by atoms with Gasteiger partial charge in [-0.15, -0.1) is 0 Å². The van der Waals surface area contributed by atoms with Crippen LogP contribution in [-0.4, -0.2) is 29.0 Å². The summed E-state index contributed by atoms with van der Waals surface area (Å²) in [6.07, 6.45) is 12.0. The number of rotatable bonds is 8. The normalized spacial score (nSPS) is 9.51. The number of hydrogen-bond donors (Lipinski definition) is 1. The van der Waals surface area contributed by atoms with Crippen LogP contribution in [0.3, 0.4) is 0 Å². The van der Waals surface area contributed by atoms with Crippen molar-refractivity contribution in [2.45, 2.75) is 127 Å². The Hall–Kier alpha value is -2.40. The molecule has 212 valence electrons. The van der Waals surface area contributed by atoms with E-state index in [1.807, 2.05) is 39.0 Å². The molecular formula is C32H58N4O. The maximum Gasteiger partial charge on any atom is 0.129 e. The maximum absolute atomic E-state index is 9.81. The smallest absolute Gasteiger partial charge is 0.129 e. The molecule has 37 heavy (non-hydrogen) atoms. The molecule has 1 aromatic heterocycles. The zero-order valence-corrected chi connectivity index (χ0v) is 26.1. The van der Waals surface area contributed by atoms with E-state index in [4.69, 9.17) is 5.73 Å². The van der Waals surface area contributed by atoms with Crippen molar-refractivity contribution in [1.29, 1.82) is 0 Å². The van der Waals surface area contributed by atoms with Gasteiger partial charge < -0.3 is 10.5 Å². The second-order valence-corrected chi connectivity index (χ2v) is 8.94. The highest BCUT2D eigenvalue weighted by molar-refractivity contribution is 5.89. The third-order valence-corrected chi connectivity index (χ3v) is 4.65. The van der Waals surface area contributed by atoms with E-state index >= 15 is 0 Å². The van der Waals surface area contributed by atoms with E-state index in [2.05, 4.69) is 62.6 Å². The second kappa shape index (κ2) is 28.2. The molecule has 0 aliphatic heterocycles. The summed E-state index contributed by atoms with van der Waals surface area (Å²) in [5.74, 6) is 1.02. The molecule has 0 unspecified atom stereocenters. The maximum atomic E-state index is 9.81. The lowest BCUT2D eigenvalue weighted by Gasteiger charge is -2.10. The van der Waals surface area contributed by atoms with Gasteiger partial charge in [-0.3, -0.25) is 4.99 Å². The molecule has 0 aliphatic carbocycles. The highest BCUT2D eigenvalue weighted by Crippen LogP contribution is 2.23. The summed E-state index contributed by atoms with van der Waals surface area (Å²) in [4.78, 5) is 22.9. The molecule has 0 radical (unpaired) electrons. The van der Waals surface area contributed by atoms with Crippen molar-refractivity contribution >= 4 is 12.0 Å². The van der Waals surface area contributed by atoms with Gasteiger partial charge in [0.25, 0.3) is 0 Å². The van der Waals surface area contributed by atoms with Crippen molar-refractivity contribution in [2.24, 2.45) is 10.7 Å². The van der Waals surface area contributed by atoms with Gasteiger partial charge in [0.15, 0.2) is 0 Å². The summed E-state index contributed by atoms with van der Waals surface area (Å²) >= 11 is 0. The Morgan fingerprint density at radius 3 is 1.84 bits per heavy atom. The molecule has 5 heteroatoms. The standard InChI is InChI=1S/C15H18N4.C7H16.C4H8O.2C3H8/c1-10-14(9-17-3)15(19-11(2)18-10)13-6-4-5-12(7-13)8-16;1-3-5-7-6-4-2;1-3-4(2)5;2*1-3-2/h4-7,9H,8,16H2,1-3H3;3-7H2,1-2H3;3H2,1-2H3;2*3H2,1-2H3. The minimum absolute atomic E-state index is 0.255. The number of nitrogens with two attached hydrogens (primary N) is 1. The summed E-state index contributed by atoms with van der Waals surface area (Å²) in [5, 5.41) is 0. The van der Waals surface area contributed by atoms with Gasteiger partial charge in [0.05, 0.1) is 11.4 Å². The van der Waals surface area contributed by atoms with Gasteiger partial charge in [0, 0.05) is 37.4 Å². The van der Waals surface area contributed by atoms with Crippen molar-refractivity contribution in [3.63, 3.8) is 0 Å². The summed E-state index contributed by atoms with van der Waals surface area (Å²) in [6, 6.07) is 8.11. The molecule has 0 fully saturated rings. The van der Waals surface area contributed by atoms with Gasteiger partial charge in [-0.25, -0.2) is 9.97 Å². The number of unbranched alkanes of at least 4 members (excludes halogenated alkanes) is 4. The molecular weight excluding hydrogens is 456 g/mol. The quantitative estimate of drug-likeness (QED) is 0.281. The first-order valence-electron chi connectivity index (χ1n) is 14.2. The predicted octanol–water partition coefficient (Wildman–Crippen LogP) is 9.06. The average Bonchev–Trinajstić information content (AvgIpc) is 2.87. The Morgan fingerprint density at radius 2 is 1.43 bits per heavy atom. The number of aromatic nitrogens is 2. The average molecular weight is 515 g/mol. The molecule has 0 bridgehead atoms. The number of carbonyl (C=O) groups is 1. The number of Topliss-reactive ketones (excluding diaryl/α,β-unsaturated/α-hetero) is 1. The summed E-state index contributed by atoms with van der Waals surface area (Å²) in [5.41, 5.74) is 10.6. The molecule has 0 aliphatic rings. The van der Waals surface area contributed by atoms with Crippen LogP contribution in [0, 0.1) is 13.8 Å². The molecule has 0 atom stereocenters. The monoisotopic (exact) mass is 514 g/mol. The topological polar surface area (TPSA) is 81.2 Å². The summed E-state index contributed by atoms with van der Waals surface area (Å²) < 4.78 is 0. The minimum atomic E-state index is 0.255. The lowest BCUT2D eigenvalue weighted by Crippen LogP contribution is -2.03. The van der Waals surface area contributed by atoms with Crippen LogP contribution in [0.15, 0.2) is 29.3 Å². The first-order chi connectivity index (χ1) is 17.7. The molecule has 0 saturated carbocycles. The largest absolute Gasteiger partial charge is 0.326 e. The number of carbonyl (C=O) groups excluding carboxylic acids is 1. The summed E-state index contributed by atoms with van der Waals surface area (Å²) in [7, 11) is 1.75. The van der Waals surface area contributed by atoms with Crippen LogP contribution < -0.4 is 5.73 Å². The number of nitrogens with zero attached hydrogens (tertiary/aromatic N) is 3. The molecule has 1 heterocycles. The van der Waals surface area contributed by atoms with E-state index in [1.165, 1.54) is 44.9 Å². The Labute approximate surface area is 229 Å². The van der Waals surface area contributed by atoms with Crippen LogP contribution in [0.2, 0.25) is 0 Å². The molecule has 1 aromatic carbocycles. The highest BCUT2D eigenvalue weighted by atomic mass is 16.1. The highest BCUT2D eigenvalue weighted by Gasteiger charge is 2.10. The van der Waals surface area contributed by atoms with Gasteiger partial charge >= 0.3 is 0 Å². The Morgan fingerprint density at radius 1 is 0.919 bits per heavy atom. The number of ketones is 1. The fourth-order valence-electron chi connectivity index (χ4n) is 2.75. The minimum Gasteiger partial charge on any atom is -0.326 e. The predicted molar refractivity (Wildman–Crippen MR) is 166 cm³/mol. The lowest BCUT2D eigenvalue weighted by molar-refractivity contribution is -0.116. The van der Waals surface area contributed by atoms with Gasteiger partial charge in [-0.1, -0.05) is 112 Å². The van der Waals surface area contributed by atoms with E-state index in [-0.39, 0.29) is 5.78 Å². The van der Waals surface area contributed by atoms with Crippen molar-refractivity contribution in [3.8, 4) is 11.3 Å². The van der Waals surface area contributed by atoms with Crippen LogP contribution in [0.1, 0.15) is 129 Å². The number of benzene rings is 1. The molecule has 0 spiro atoms. The first kappa shape index (κ1) is 39.1. The van der Waals surface area contributed by atoms with Crippen LogP contribution in [0.25, 0.3) is 11.3 Å². The molecule has 0 saturated heterocycles. The van der Waals surface area contributed by atoms with E-state index in [0.29, 0.717) is 13.0 Å². The van der Waals surface area contributed by atoms with E-state index in [0.717, 1.165) is 33.9 Å². The number of hydrogen-bond acceptors (Lipinski definition) is 5. The third kappa shape index (κ3) is 22.5. The van der Waals surface area contributed by atoms with Gasteiger partial charge in [-0.05, 0) is 32.4 Å². The fourth-order valence-corrected chi connectivity index (χ4v) is 2.75. The number of aliphatic imine (C=N–C) groups is 1.